The van der Waals surface area contributed by atoms with Gasteiger partial charge in [-0.2, -0.15) is 5.10 Å². The van der Waals surface area contributed by atoms with Crippen LogP contribution in [0.2, 0.25) is 0 Å². The number of nitrogens with two attached hydrogens (primary N) is 1. The van der Waals surface area contributed by atoms with Gasteiger partial charge in [0.1, 0.15) is 5.69 Å². The summed E-state index contributed by atoms with van der Waals surface area (Å²) in [6, 6.07) is 3.80. The van der Waals surface area contributed by atoms with E-state index in [0.29, 0.717) is 5.82 Å². The van der Waals surface area contributed by atoms with Gasteiger partial charge < -0.3 is 5.73 Å². The minimum atomic E-state index is 0.404. The molecule has 90 valence electrons. The van der Waals surface area contributed by atoms with Crippen molar-refractivity contribution in [1.82, 2.24) is 25.0 Å². The van der Waals surface area contributed by atoms with Crippen molar-refractivity contribution in [3.8, 4) is 11.4 Å². The second kappa shape index (κ2) is 3.76. The summed E-state index contributed by atoms with van der Waals surface area (Å²) in [4.78, 5) is 4.24. The number of nitrogen functional groups attached to an aromatic ring is 1. The van der Waals surface area contributed by atoms with Gasteiger partial charge in [0.05, 0.1) is 5.69 Å². The summed E-state index contributed by atoms with van der Waals surface area (Å²) in [5.74, 6) is 0.404. The molecule has 0 spiro atoms. The molecule has 3 aromatic heterocycles. The topological polar surface area (TPSA) is 82.5 Å². The Kier molecular flexibility index (Phi) is 2.22. The van der Waals surface area contributed by atoms with E-state index >= 15 is 0 Å². The molecule has 0 aliphatic carbocycles. The minimum Gasteiger partial charge on any atom is -0.382 e. The highest BCUT2D eigenvalue weighted by atomic mass is 15.3. The van der Waals surface area contributed by atoms with Gasteiger partial charge >= 0.3 is 0 Å². The van der Waals surface area contributed by atoms with Gasteiger partial charge in [-0.05, 0) is 19.1 Å². The van der Waals surface area contributed by atoms with Crippen LogP contribution in [0.25, 0.3) is 22.2 Å². The fraction of sp³-hybridized carbons (Fsp3) is 0.167. The Morgan fingerprint density at radius 3 is 2.72 bits per heavy atom. The molecule has 0 radical (unpaired) electrons. The van der Waals surface area contributed by atoms with E-state index in [9.17, 15) is 0 Å². The van der Waals surface area contributed by atoms with Crippen molar-refractivity contribution >= 4 is 16.6 Å². The lowest BCUT2D eigenvalue weighted by Gasteiger charge is -2.08. The first-order valence-corrected chi connectivity index (χ1v) is 5.54. The molecule has 0 unspecified atom stereocenters. The first-order chi connectivity index (χ1) is 8.68. The Hall–Kier alpha value is -2.50. The fourth-order valence-electron chi connectivity index (χ4n) is 2.09. The molecular weight excluding hydrogens is 228 g/mol. The summed E-state index contributed by atoms with van der Waals surface area (Å²) in [6.45, 7) is 1.91. The first-order valence-electron chi connectivity index (χ1n) is 5.54. The van der Waals surface area contributed by atoms with Gasteiger partial charge in [0.25, 0.3) is 0 Å². The molecule has 2 N–H and O–H groups in total. The average molecular weight is 240 g/mol. The van der Waals surface area contributed by atoms with Crippen molar-refractivity contribution < 1.29 is 0 Å². The molecule has 3 heterocycles. The summed E-state index contributed by atoms with van der Waals surface area (Å²) in [5, 5.41) is 14.1. The highest BCUT2D eigenvalue weighted by Crippen LogP contribution is 2.29. The summed E-state index contributed by atoms with van der Waals surface area (Å²) < 4.78 is 1.76. The Bertz CT molecular complexity index is 722. The maximum atomic E-state index is 5.88. The molecule has 0 amide bonds. The zero-order valence-electron chi connectivity index (χ0n) is 10.1. The normalized spacial score (nSPS) is 11.0. The highest BCUT2D eigenvalue weighted by Gasteiger charge is 2.13. The van der Waals surface area contributed by atoms with Crippen LogP contribution in [-0.4, -0.2) is 25.0 Å². The van der Waals surface area contributed by atoms with Gasteiger partial charge in [0, 0.05) is 35.9 Å². The summed E-state index contributed by atoms with van der Waals surface area (Å²) >= 11 is 0. The number of hydrogen-bond donors (Lipinski definition) is 1. The molecule has 0 atom stereocenters. The molecule has 6 nitrogen and oxygen atoms in total. The van der Waals surface area contributed by atoms with Crippen LogP contribution >= 0.6 is 0 Å². The Morgan fingerprint density at radius 2 is 2.00 bits per heavy atom. The van der Waals surface area contributed by atoms with Crippen LogP contribution in [-0.2, 0) is 7.05 Å². The number of nitrogens with zero attached hydrogens (tertiary/aromatic N) is 5. The van der Waals surface area contributed by atoms with Crippen LogP contribution in [0.4, 0.5) is 5.82 Å². The van der Waals surface area contributed by atoms with Crippen LogP contribution in [0.15, 0.2) is 24.5 Å². The summed E-state index contributed by atoms with van der Waals surface area (Å²) in [6.07, 6.45) is 3.48. The highest BCUT2D eigenvalue weighted by molar-refractivity contribution is 6.00. The number of aromatic nitrogens is 5. The van der Waals surface area contributed by atoms with E-state index in [1.54, 1.807) is 17.1 Å². The van der Waals surface area contributed by atoms with Crippen molar-refractivity contribution in [2.45, 2.75) is 6.92 Å². The zero-order chi connectivity index (χ0) is 12.7. The van der Waals surface area contributed by atoms with Crippen molar-refractivity contribution in [3.05, 3.63) is 30.2 Å². The van der Waals surface area contributed by atoms with Gasteiger partial charge in [0.15, 0.2) is 5.82 Å². The van der Waals surface area contributed by atoms with Crippen molar-refractivity contribution in [1.29, 1.82) is 0 Å². The van der Waals surface area contributed by atoms with Crippen LogP contribution in [0.5, 0.6) is 0 Å². The largest absolute Gasteiger partial charge is 0.382 e. The predicted molar refractivity (Wildman–Crippen MR) is 68.7 cm³/mol. The predicted octanol–water partition coefficient (Wildman–Crippen LogP) is 1.32. The molecule has 0 aliphatic heterocycles. The maximum Gasteiger partial charge on any atom is 0.155 e. The third kappa shape index (κ3) is 1.42. The van der Waals surface area contributed by atoms with Gasteiger partial charge in [0.2, 0.25) is 0 Å². The van der Waals surface area contributed by atoms with Crippen LogP contribution in [0.3, 0.4) is 0 Å². The standard InChI is InChI=1S/C12H12N6/c1-7-10-8(3-5-14-7)11(16-17-12(10)13)9-4-6-15-18(9)2/h3-6H,1-2H3,(H2,13,17). The van der Waals surface area contributed by atoms with Gasteiger partial charge in [-0.25, -0.2) is 0 Å². The Labute approximate surface area is 103 Å². The lowest BCUT2D eigenvalue weighted by molar-refractivity contribution is 0.772. The van der Waals surface area contributed by atoms with E-state index < -0.39 is 0 Å². The molecular formula is C12H12N6. The lowest BCUT2D eigenvalue weighted by Crippen LogP contribution is -2.02. The van der Waals surface area contributed by atoms with E-state index in [2.05, 4.69) is 20.3 Å². The zero-order valence-corrected chi connectivity index (χ0v) is 10.1. The summed E-state index contributed by atoms with van der Waals surface area (Å²) in [5.41, 5.74) is 8.40. The van der Waals surface area contributed by atoms with E-state index in [-0.39, 0.29) is 0 Å². The van der Waals surface area contributed by atoms with Crippen LogP contribution in [0, 0.1) is 6.92 Å². The van der Waals surface area contributed by atoms with Gasteiger partial charge in [-0.1, -0.05) is 0 Å². The number of rotatable bonds is 1. The maximum absolute atomic E-state index is 5.88. The second-order valence-corrected chi connectivity index (χ2v) is 4.09. The number of anilines is 1. The molecule has 3 aromatic rings. The minimum absolute atomic E-state index is 0.404. The Balaban J connectivity index is 2.42. The average Bonchev–Trinajstić information content (AvgIpc) is 2.76. The van der Waals surface area contributed by atoms with Crippen molar-refractivity contribution in [3.63, 3.8) is 0 Å². The summed E-state index contributed by atoms with van der Waals surface area (Å²) in [7, 11) is 1.87. The SMILES string of the molecule is Cc1nccc2c(-c3ccnn3C)nnc(N)c12. The van der Waals surface area contributed by atoms with Crippen molar-refractivity contribution in [2.24, 2.45) is 7.05 Å². The fourth-order valence-corrected chi connectivity index (χ4v) is 2.09. The lowest BCUT2D eigenvalue weighted by atomic mass is 10.1. The molecule has 3 rings (SSSR count). The number of hydrogen-bond acceptors (Lipinski definition) is 5. The second-order valence-electron chi connectivity index (χ2n) is 4.09. The van der Waals surface area contributed by atoms with E-state index in [1.165, 1.54) is 0 Å². The molecule has 0 aliphatic rings. The third-order valence-electron chi connectivity index (χ3n) is 2.97. The molecule has 18 heavy (non-hydrogen) atoms. The monoisotopic (exact) mass is 240 g/mol. The van der Waals surface area contributed by atoms with Crippen LogP contribution < -0.4 is 5.73 Å². The number of pyridine rings is 1. The molecule has 0 saturated carbocycles. The molecule has 6 heteroatoms. The van der Waals surface area contributed by atoms with Gasteiger partial charge in [-0.3, -0.25) is 9.67 Å². The Morgan fingerprint density at radius 1 is 1.17 bits per heavy atom. The molecule has 0 aromatic carbocycles. The van der Waals surface area contributed by atoms with E-state index in [1.807, 2.05) is 26.1 Å². The van der Waals surface area contributed by atoms with E-state index in [4.69, 9.17) is 5.73 Å². The first kappa shape index (κ1) is 10.6. The van der Waals surface area contributed by atoms with E-state index in [0.717, 1.165) is 27.9 Å². The molecule has 0 bridgehead atoms. The quantitative estimate of drug-likeness (QED) is 0.693. The third-order valence-corrected chi connectivity index (χ3v) is 2.97. The molecule has 0 fully saturated rings. The van der Waals surface area contributed by atoms with Crippen LogP contribution in [0.1, 0.15) is 5.69 Å². The number of fused-ring (bicyclic) bond motifs is 1. The molecule has 0 saturated heterocycles. The van der Waals surface area contributed by atoms with Crippen molar-refractivity contribution in [2.75, 3.05) is 5.73 Å². The smallest absolute Gasteiger partial charge is 0.155 e. The van der Waals surface area contributed by atoms with Gasteiger partial charge in [-0.15, -0.1) is 10.2 Å². The number of aryl methyl sites for hydroxylation is 2.